The summed E-state index contributed by atoms with van der Waals surface area (Å²) in [4.78, 5) is 7.32. The highest BCUT2D eigenvalue weighted by molar-refractivity contribution is 6.29. The van der Waals surface area contributed by atoms with Gasteiger partial charge in [-0.2, -0.15) is 0 Å². The Hall–Kier alpha value is -1.62. The first-order valence-electron chi connectivity index (χ1n) is 4.21. The molecule has 0 aliphatic heterocycles. The van der Waals surface area contributed by atoms with Gasteiger partial charge >= 0.3 is 0 Å². The van der Waals surface area contributed by atoms with Crippen LogP contribution in [0.4, 0.5) is 13.2 Å². The maximum absolute atomic E-state index is 13.4. The normalized spacial score (nSPS) is 10.5. The molecule has 0 bridgehead atoms. The third-order valence-corrected chi connectivity index (χ3v) is 2.15. The highest BCUT2D eigenvalue weighted by atomic mass is 35.5. The smallest absolute Gasteiger partial charge is 0.195 e. The summed E-state index contributed by atoms with van der Waals surface area (Å²) in [5.41, 5.74) is -0.0698. The van der Waals surface area contributed by atoms with Crippen LogP contribution < -0.4 is 0 Å². The fraction of sp³-hybridized carbons (Fsp3) is 0. The molecular weight excluding hydrogens is 241 g/mol. The van der Waals surface area contributed by atoms with Gasteiger partial charge in [-0.3, -0.25) is 0 Å². The van der Waals surface area contributed by atoms with Gasteiger partial charge in [0.25, 0.3) is 0 Å². The van der Waals surface area contributed by atoms with Crippen LogP contribution in [0.5, 0.6) is 0 Å². The van der Waals surface area contributed by atoms with Crippen molar-refractivity contribution in [2.45, 2.75) is 0 Å². The van der Waals surface area contributed by atoms with Gasteiger partial charge < -0.3 is 0 Å². The topological polar surface area (TPSA) is 25.8 Å². The molecule has 0 atom stereocenters. The predicted octanol–water partition coefficient (Wildman–Crippen LogP) is 3.21. The lowest BCUT2D eigenvalue weighted by Crippen LogP contribution is -1.95. The minimum Gasteiger partial charge on any atom is -0.236 e. The summed E-state index contributed by atoms with van der Waals surface area (Å²) in [5.74, 6) is -4.08. The molecule has 0 saturated heterocycles. The SMILES string of the molecule is Fc1ccc(-c2cc(Cl)ncn2)c(F)c1F. The highest BCUT2D eigenvalue weighted by Gasteiger charge is 2.15. The van der Waals surface area contributed by atoms with Gasteiger partial charge in [-0.05, 0) is 12.1 Å². The van der Waals surface area contributed by atoms with Gasteiger partial charge in [0.15, 0.2) is 17.5 Å². The molecule has 2 rings (SSSR count). The minimum atomic E-state index is -1.53. The van der Waals surface area contributed by atoms with Gasteiger partial charge in [0.05, 0.1) is 5.69 Å². The van der Waals surface area contributed by atoms with Crippen LogP contribution in [0.25, 0.3) is 11.3 Å². The molecule has 1 aromatic carbocycles. The van der Waals surface area contributed by atoms with E-state index in [0.717, 1.165) is 18.5 Å². The van der Waals surface area contributed by atoms with Crippen molar-refractivity contribution in [3.05, 3.63) is 47.1 Å². The summed E-state index contributed by atoms with van der Waals surface area (Å²) in [6, 6.07) is 3.17. The predicted molar refractivity (Wildman–Crippen MR) is 52.4 cm³/mol. The summed E-state index contributed by atoms with van der Waals surface area (Å²) in [7, 11) is 0. The largest absolute Gasteiger partial charge is 0.236 e. The van der Waals surface area contributed by atoms with Gasteiger partial charge in [0.2, 0.25) is 0 Å². The molecule has 2 aromatic rings. The van der Waals surface area contributed by atoms with Crippen molar-refractivity contribution in [2.24, 2.45) is 0 Å². The Morgan fingerprint density at radius 3 is 2.44 bits per heavy atom. The van der Waals surface area contributed by atoms with Crippen LogP contribution in [-0.4, -0.2) is 9.97 Å². The van der Waals surface area contributed by atoms with E-state index in [2.05, 4.69) is 9.97 Å². The zero-order valence-corrected chi connectivity index (χ0v) is 8.47. The van der Waals surface area contributed by atoms with Gasteiger partial charge in [-0.15, -0.1) is 0 Å². The third-order valence-electron chi connectivity index (χ3n) is 1.94. The molecule has 6 heteroatoms. The second-order valence-corrected chi connectivity index (χ2v) is 3.34. The number of benzene rings is 1. The zero-order valence-electron chi connectivity index (χ0n) is 7.72. The molecule has 0 fully saturated rings. The van der Waals surface area contributed by atoms with Crippen LogP contribution >= 0.6 is 11.6 Å². The summed E-state index contributed by atoms with van der Waals surface area (Å²) >= 11 is 5.58. The molecule has 0 aliphatic carbocycles. The van der Waals surface area contributed by atoms with E-state index in [9.17, 15) is 13.2 Å². The third kappa shape index (κ3) is 1.86. The van der Waals surface area contributed by atoms with E-state index in [1.54, 1.807) is 0 Å². The van der Waals surface area contributed by atoms with E-state index >= 15 is 0 Å². The van der Waals surface area contributed by atoms with Crippen molar-refractivity contribution in [1.82, 2.24) is 9.97 Å². The van der Waals surface area contributed by atoms with Crippen LogP contribution in [-0.2, 0) is 0 Å². The van der Waals surface area contributed by atoms with Crippen LogP contribution in [0.3, 0.4) is 0 Å². The number of aromatic nitrogens is 2. The molecule has 0 spiro atoms. The molecule has 2 nitrogen and oxygen atoms in total. The van der Waals surface area contributed by atoms with Gasteiger partial charge in [0, 0.05) is 11.6 Å². The molecule has 0 unspecified atom stereocenters. The maximum Gasteiger partial charge on any atom is 0.195 e. The van der Waals surface area contributed by atoms with Crippen molar-refractivity contribution in [3.8, 4) is 11.3 Å². The molecule has 1 aromatic heterocycles. The molecule has 0 saturated carbocycles. The van der Waals surface area contributed by atoms with Crippen molar-refractivity contribution < 1.29 is 13.2 Å². The Balaban J connectivity index is 2.61. The maximum atomic E-state index is 13.4. The second-order valence-electron chi connectivity index (χ2n) is 2.95. The molecule has 16 heavy (non-hydrogen) atoms. The van der Waals surface area contributed by atoms with E-state index in [-0.39, 0.29) is 16.4 Å². The number of hydrogen-bond acceptors (Lipinski definition) is 2. The lowest BCUT2D eigenvalue weighted by molar-refractivity contribution is 0.449. The minimum absolute atomic E-state index is 0.0918. The summed E-state index contributed by atoms with van der Waals surface area (Å²) in [5, 5.41) is 0.0918. The molecule has 82 valence electrons. The summed E-state index contributed by atoms with van der Waals surface area (Å²) < 4.78 is 39.0. The average molecular weight is 245 g/mol. The van der Waals surface area contributed by atoms with Crippen molar-refractivity contribution >= 4 is 11.6 Å². The van der Waals surface area contributed by atoms with Gasteiger partial charge in [-0.1, -0.05) is 11.6 Å². The first kappa shape index (κ1) is 10.9. The van der Waals surface area contributed by atoms with E-state index in [4.69, 9.17) is 11.6 Å². The summed E-state index contributed by atoms with van der Waals surface area (Å²) in [6.45, 7) is 0. The molecular formula is C10H4ClF3N2. The monoisotopic (exact) mass is 244 g/mol. The zero-order chi connectivity index (χ0) is 11.7. The van der Waals surface area contributed by atoms with Gasteiger partial charge in [-0.25, -0.2) is 23.1 Å². The molecule has 0 radical (unpaired) electrons. The summed E-state index contributed by atoms with van der Waals surface area (Å²) in [6.07, 6.45) is 1.11. The van der Waals surface area contributed by atoms with Crippen LogP contribution in [0, 0.1) is 17.5 Å². The van der Waals surface area contributed by atoms with E-state index < -0.39 is 17.5 Å². The Labute approximate surface area is 93.7 Å². The van der Waals surface area contributed by atoms with Crippen molar-refractivity contribution in [1.29, 1.82) is 0 Å². The van der Waals surface area contributed by atoms with Crippen LogP contribution in [0.2, 0.25) is 5.15 Å². The quantitative estimate of drug-likeness (QED) is 0.569. The van der Waals surface area contributed by atoms with Crippen molar-refractivity contribution in [2.75, 3.05) is 0 Å². The van der Waals surface area contributed by atoms with E-state index in [0.29, 0.717) is 0 Å². The number of halogens is 4. The van der Waals surface area contributed by atoms with E-state index in [1.165, 1.54) is 6.07 Å². The molecule has 0 aliphatic rings. The second kappa shape index (κ2) is 4.09. The Kier molecular flexibility index (Phi) is 2.78. The number of nitrogens with zero attached hydrogens (tertiary/aromatic N) is 2. The average Bonchev–Trinajstić information content (AvgIpc) is 2.26. The van der Waals surface area contributed by atoms with E-state index in [1.807, 2.05) is 0 Å². The molecule has 0 N–H and O–H groups in total. The highest BCUT2D eigenvalue weighted by Crippen LogP contribution is 2.25. The fourth-order valence-corrected chi connectivity index (χ4v) is 1.35. The Morgan fingerprint density at radius 2 is 1.75 bits per heavy atom. The van der Waals surface area contributed by atoms with Crippen LogP contribution in [0.15, 0.2) is 24.5 Å². The van der Waals surface area contributed by atoms with Crippen LogP contribution in [0.1, 0.15) is 0 Å². The number of rotatable bonds is 1. The number of hydrogen-bond donors (Lipinski definition) is 0. The van der Waals surface area contributed by atoms with Crippen molar-refractivity contribution in [3.63, 3.8) is 0 Å². The Morgan fingerprint density at radius 1 is 1.00 bits per heavy atom. The first-order valence-corrected chi connectivity index (χ1v) is 4.59. The Bertz CT molecular complexity index is 546. The lowest BCUT2D eigenvalue weighted by atomic mass is 10.1. The molecule has 0 amide bonds. The standard InChI is InChI=1S/C10H4ClF3N2/c11-8-3-7(15-4-16-8)5-1-2-6(12)10(14)9(5)13/h1-4H. The molecule has 1 heterocycles. The first-order chi connectivity index (χ1) is 7.59. The lowest BCUT2D eigenvalue weighted by Gasteiger charge is -2.03. The fourth-order valence-electron chi connectivity index (χ4n) is 1.20. The van der Waals surface area contributed by atoms with Gasteiger partial charge in [0.1, 0.15) is 11.5 Å².